The minimum atomic E-state index is 0.592. The summed E-state index contributed by atoms with van der Waals surface area (Å²) in [6.45, 7) is 6.95. The lowest BCUT2D eigenvalue weighted by molar-refractivity contribution is 0.624. The summed E-state index contributed by atoms with van der Waals surface area (Å²) in [5.74, 6) is 0.592. The Morgan fingerprint density at radius 1 is 1.39 bits per heavy atom. The summed E-state index contributed by atoms with van der Waals surface area (Å²) in [6, 6.07) is 2.08. The largest absolute Gasteiger partial charge is 0.383 e. The van der Waals surface area contributed by atoms with E-state index < -0.39 is 0 Å². The molecule has 0 aliphatic carbocycles. The summed E-state index contributed by atoms with van der Waals surface area (Å²) in [5.41, 5.74) is 10.2. The minimum absolute atomic E-state index is 0.592. The van der Waals surface area contributed by atoms with E-state index in [1.165, 1.54) is 0 Å². The number of aryl methyl sites for hydroxylation is 3. The van der Waals surface area contributed by atoms with Gasteiger partial charge in [-0.15, -0.1) is 0 Å². The van der Waals surface area contributed by atoms with Gasteiger partial charge in [0.1, 0.15) is 5.82 Å². The highest BCUT2D eigenvalue weighted by Crippen LogP contribution is 2.25. The Kier molecular flexibility index (Phi) is 3.71. The second-order valence-electron chi connectivity index (χ2n) is 4.40. The SMILES string of the molecule is CCn1nc(C)c(Br)c1Cc1cc(C)cnc1N. The predicted octanol–water partition coefficient (Wildman–Crippen LogP) is 2.85. The number of aromatic nitrogens is 3. The molecule has 0 amide bonds. The molecule has 5 heteroatoms. The third kappa shape index (κ3) is 2.41. The van der Waals surface area contributed by atoms with E-state index in [0.717, 1.165) is 40.0 Å². The Balaban J connectivity index is 2.42. The van der Waals surface area contributed by atoms with Crippen LogP contribution < -0.4 is 5.73 Å². The normalized spacial score (nSPS) is 10.9. The molecule has 2 heterocycles. The number of halogens is 1. The first-order valence-electron chi connectivity index (χ1n) is 5.95. The lowest BCUT2D eigenvalue weighted by atomic mass is 10.1. The average Bonchev–Trinajstić information content (AvgIpc) is 2.61. The zero-order valence-corrected chi connectivity index (χ0v) is 12.5. The highest BCUT2D eigenvalue weighted by Gasteiger charge is 2.14. The molecule has 0 aliphatic heterocycles. The van der Waals surface area contributed by atoms with Gasteiger partial charge in [-0.05, 0) is 42.3 Å². The van der Waals surface area contributed by atoms with E-state index >= 15 is 0 Å². The van der Waals surface area contributed by atoms with Gasteiger partial charge >= 0.3 is 0 Å². The monoisotopic (exact) mass is 308 g/mol. The van der Waals surface area contributed by atoms with E-state index in [4.69, 9.17) is 5.73 Å². The van der Waals surface area contributed by atoms with Crippen LogP contribution in [0.15, 0.2) is 16.7 Å². The van der Waals surface area contributed by atoms with Crippen molar-refractivity contribution in [2.24, 2.45) is 0 Å². The van der Waals surface area contributed by atoms with Gasteiger partial charge in [0.25, 0.3) is 0 Å². The van der Waals surface area contributed by atoms with Gasteiger partial charge in [-0.2, -0.15) is 5.10 Å². The number of hydrogen-bond acceptors (Lipinski definition) is 3. The third-order valence-corrected chi connectivity index (χ3v) is 3.98. The van der Waals surface area contributed by atoms with Gasteiger partial charge in [-0.3, -0.25) is 4.68 Å². The van der Waals surface area contributed by atoms with E-state index in [9.17, 15) is 0 Å². The summed E-state index contributed by atoms with van der Waals surface area (Å²) < 4.78 is 3.06. The van der Waals surface area contributed by atoms with Gasteiger partial charge in [0, 0.05) is 24.7 Å². The summed E-state index contributed by atoms with van der Waals surface area (Å²) in [4.78, 5) is 4.20. The van der Waals surface area contributed by atoms with Gasteiger partial charge in [0.05, 0.1) is 15.9 Å². The Labute approximate surface area is 115 Å². The van der Waals surface area contributed by atoms with E-state index in [2.05, 4.69) is 39.0 Å². The van der Waals surface area contributed by atoms with Crippen molar-refractivity contribution < 1.29 is 0 Å². The predicted molar refractivity (Wildman–Crippen MR) is 76.5 cm³/mol. The average molecular weight is 309 g/mol. The molecule has 96 valence electrons. The van der Waals surface area contributed by atoms with Crippen LogP contribution in [0.1, 0.15) is 29.4 Å². The van der Waals surface area contributed by atoms with Crippen molar-refractivity contribution in [3.8, 4) is 0 Å². The lowest BCUT2D eigenvalue weighted by Gasteiger charge is -2.08. The number of anilines is 1. The highest BCUT2D eigenvalue weighted by molar-refractivity contribution is 9.10. The molecule has 2 aromatic heterocycles. The smallest absolute Gasteiger partial charge is 0.126 e. The molecule has 0 saturated heterocycles. The van der Waals surface area contributed by atoms with E-state index in [1.807, 2.05) is 18.5 Å². The third-order valence-electron chi connectivity index (χ3n) is 2.95. The van der Waals surface area contributed by atoms with Crippen LogP contribution in [-0.4, -0.2) is 14.8 Å². The Bertz CT molecular complexity index is 575. The second kappa shape index (κ2) is 5.10. The van der Waals surface area contributed by atoms with Gasteiger partial charge in [0.2, 0.25) is 0 Å². The summed E-state index contributed by atoms with van der Waals surface area (Å²) in [6.07, 6.45) is 2.53. The molecule has 0 aromatic carbocycles. The first kappa shape index (κ1) is 13.1. The fraction of sp³-hybridized carbons (Fsp3) is 0.385. The molecular formula is C13H17BrN4. The molecule has 0 atom stereocenters. The maximum atomic E-state index is 5.93. The molecule has 18 heavy (non-hydrogen) atoms. The standard InChI is InChI=1S/C13H17BrN4/c1-4-18-11(12(14)9(3)17-18)6-10-5-8(2)7-16-13(10)15/h5,7H,4,6H2,1-3H3,(H2,15,16). The molecule has 0 unspecified atom stereocenters. The summed E-state index contributed by atoms with van der Waals surface area (Å²) in [7, 11) is 0. The van der Waals surface area contributed by atoms with Crippen LogP contribution >= 0.6 is 15.9 Å². The van der Waals surface area contributed by atoms with Gasteiger partial charge < -0.3 is 5.73 Å². The molecule has 0 spiro atoms. The molecule has 0 fully saturated rings. The first-order valence-corrected chi connectivity index (χ1v) is 6.75. The van der Waals surface area contributed by atoms with Crippen LogP contribution in [0.2, 0.25) is 0 Å². The molecular weight excluding hydrogens is 292 g/mol. The Morgan fingerprint density at radius 2 is 2.11 bits per heavy atom. The molecule has 0 radical (unpaired) electrons. The van der Waals surface area contributed by atoms with E-state index in [-0.39, 0.29) is 0 Å². The van der Waals surface area contributed by atoms with Gasteiger partial charge in [0.15, 0.2) is 0 Å². The van der Waals surface area contributed by atoms with Crippen LogP contribution in [-0.2, 0) is 13.0 Å². The molecule has 0 bridgehead atoms. The van der Waals surface area contributed by atoms with Crippen molar-refractivity contribution in [1.29, 1.82) is 0 Å². The molecule has 0 aliphatic rings. The molecule has 2 N–H and O–H groups in total. The van der Waals surface area contributed by atoms with Crippen molar-refractivity contribution in [2.45, 2.75) is 33.7 Å². The first-order chi connectivity index (χ1) is 8.52. The quantitative estimate of drug-likeness (QED) is 0.948. The number of hydrogen-bond donors (Lipinski definition) is 1. The summed E-state index contributed by atoms with van der Waals surface area (Å²) >= 11 is 3.60. The number of nitrogens with two attached hydrogens (primary N) is 1. The van der Waals surface area contributed by atoms with Crippen LogP contribution in [0.25, 0.3) is 0 Å². The number of rotatable bonds is 3. The second-order valence-corrected chi connectivity index (χ2v) is 5.19. The minimum Gasteiger partial charge on any atom is -0.383 e. The van der Waals surface area contributed by atoms with Crippen LogP contribution in [0.5, 0.6) is 0 Å². The fourth-order valence-electron chi connectivity index (χ4n) is 2.00. The van der Waals surface area contributed by atoms with Gasteiger partial charge in [-0.1, -0.05) is 6.07 Å². The van der Waals surface area contributed by atoms with E-state index in [1.54, 1.807) is 6.20 Å². The summed E-state index contributed by atoms with van der Waals surface area (Å²) in [5, 5.41) is 4.49. The lowest BCUT2D eigenvalue weighted by Crippen LogP contribution is -2.06. The van der Waals surface area contributed by atoms with E-state index in [0.29, 0.717) is 5.82 Å². The Morgan fingerprint density at radius 3 is 2.78 bits per heavy atom. The molecule has 2 aromatic rings. The molecule has 2 rings (SSSR count). The molecule has 4 nitrogen and oxygen atoms in total. The Hall–Kier alpha value is -1.36. The number of nitrogens with zero attached hydrogens (tertiary/aromatic N) is 3. The van der Waals surface area contributed by atoms with Crippen molar-refractivity contribution >= 4 is 21.7 Å². The topological polar surface area (TPSA) is 56.7 Å². The maximum absolute atomic E-state index is 5.93. The highest BCUT2D eigenvalue weighted by atomic mass is 79.9. The fourth-order valence-corrected chi connectivity index (χ4v) is 2.42. The zero-order valence-electron chi connectivity index (χ0n) is 10.9. The van der Waals surface area contributed by atoms with Gasteiger partial charge in [-0.25, -0.2) is 4.98 Å². The van der Waals surface area contributed by atoms with Crippen LogP contribution in [0, 0.1) is 13.8 Å². The maximum Gasteiger partial charge on any atom is 0.126 e. The number of pyridine rings is 1. The van der Waals surface area contributed by atoms with Crippen molar-refractivity contribution in [2.75, 3.05) is 5.73 Å². The molecule has 0 saturated carbocycles. The number of nitrogen functional groups attached to an aromatic ring is 1. The van der Waals surface area contributed by atoms with Crippen molar-refractivity contribution in [1.82, 2.24) is 14.8 Å². The van der Waals surface area contributed by atoms with Crippen LogP contribution in [0.4, 0.5) is 5.82 Å². The zero-order chi connectivity index (χ0) is 13.3. The van der Waals surface area contributed by atoms with Crippen molar-refractivity contribution in [3.05, 3.63) is 39.3 Å². The van der Waals surface area contributed by atoms with Crippen molar-refractivity contribution in [3.63, 3.8) is 0 Å². The van der Waals surface area contributed by atoms with Crippen LogP contribution in [0.3, 0.4) is 0 Å².